The van der Waals surface area contributed by atoms with E-state index in [1.807, 2.05) is 47.9 Å². The van der Waals surface area contributed by atoms with Gasteiger partial charge in [0.1, 0.15) is 16.5 Å². The number of ether oxygens (including phenoxy) is 1. The van der Waals surface area contributed by atoms with Gasteiger partial charge in [-0.05, 0) is 43.7 Å². The Morgan fingerprint density at radius 3 is 2.82 bits per heavy atom. The number of aromatic nitrogens is 1. The molecule has 2 heterocycles. The lowest BCUT2D eigenvalue weighted by atomic mass is 10.1. The SMILES string of the molecule is CCOCCn1c(Cl)c(/C=N/NC(=O)c2cc3cc(CC(C)=O)ccc3o2)c2ccccc21. The number of carbonyl (C=O) groups excluding carboxylic acids is 2. The molecule has 0 bridgehead atoms. The van der Waals surface area contributed by atoms with E-state index in [0.29, 0.717) is 42.5 Å². The van der Waals surface area contributed by atoms with Gasteiger partial charge in [-0.3, -0.25) is 9.59 Å². The molecule has 0 saturated carbocycles. The number of furan rings is 1. The van der Waals surface area contributed by atoms with E-state index in [2.05, 4.69) is 10.5 Å². The summed E-state index contributed by atoms with van der Waals surface area (Å²) in [6, 6.07) is 14.9. The lowest BCUT2D eigenvalue weighted by Gasteiger charge is -2.06. The average Bonchev–Trinajstić information content (AvgIpc) is 3.33. The average molecular weight is 466 g/mol. The van der Waals surface area contributed by atoms with E-state index in [0.717, 1.165) is 21.9 Å². The van der Waals surface area contributed by atoms with Crippen LogP contribution in [0.5, 0.6) is 0 Å². The van der Waals surface area contributed by atoms with Gasteiger partial charge in [-0.15, -0.1) is 0 Å². The van der Waals surface area contributed by atoms with Crippen LogP contribution in [-0.4, -0.2) is 35.7 Å². The van der Waals surface area contributed by atoms with Crippen molar-refractivity contribution < 1.29 is 18.7 Å². The fraction of sp³-hybridized carbons (Fsp3) is 0.240. The van der Waals surface area contributed by atoms with E-state index in [9.17, 15) is 9.59 Å². The van der Waals surface area contributed by atoms with E-state index < -0.39 is 5.91 Å². The maximum absolute atomic E-state index is 12.6. The number of benzene rings is 2. The number of fused-ring (bicyclic) bond motifs is 2. The van der Waals surface area contributed by atoms with Crippen LogP contribution in [0, 0.1) is 0 Å². The Bertz CT molecular complexity index is 1350. The summed E-state index contributed by atoms with van der Waals surface area (Å²) in [5.41, 5.74) is 5.61. The molecule has 0 unspecified atom stereocenters. The highest BCUT2D eigenvalue weighted by Gasteiger charge is 2.15. The van der Waals surface area contributed by atoms with Crippen molar-refractivity contribution in [1.29, 1.82) is 0 Å². The first kappa shape index (κ1) is 22.8. The number of amides is 1. The number of hydrogen-bond acceptors (Lipinski definition) is 5. The van der Waals surface area contributed by atoms with Gasteiger partial charge in [0.05, 0.1) is 12.8 Å². The van der Waals surface area contributed by atoms with Gasteiger partial charge < -0.3 is 13.7 Å². The standard InChI is InChI=1S/C25H24ClN3O4/c1-3-32-11-10-29-21-7-5-4-6-19(21)20(24(29)26)15-27-28-25(31)23-14-18-13-17(12-16(2)30)8-9-22(18)33-23/h4-9,13-15H,3,10-12H2,1-2H3,(H,28,31)/b27-15+. The predicted octanol–water partition coefficient (Wildman–Crippen LogP) is 4.97. The van der Waals surface area contributed by atoms with Crippen LogP contribution in [0.3, 0.4) is 0 Å². The second kappa shape index (κ2) is 10.0. The van der Waals surface area contributed by atoms with Crippen LogP contribution in [-0.2, 0) is 22.5 Å². The zero-order valence-corrected chi connectivity index (χ0v) is 19.2. The second-order valence-corrected chi connectivity index (χ2v) is 7.99. The smallest absolute Gasteiger partial charge is 0.307 e. The first-order chi connectivity index (χ1) is 16.0. The summed E-state index contributed by atoms with van der Waals surface area (Å²) in [4.78, 5) is 23.9. The van der Waals surface area contributed by atoms with Gasteiger partial charge >= 0.3 is 5.91 Å². The summed E-state index contributed by atoms with van der Waals surface area (Å²) >= 11 is 6.63. The van der Waals surface area contributed by atoms with Gasteiger partial charge in [0, 0.05) is 41.4 Å². The molecule has 1 N–H and O–H groups in total. The lowest BCUT2D eigenvalue weighted by molar-refractivity contribution is -0.116. The summed E-state index contributed by atoms with van der Waals surface area (Å²) in [5.74, 6) is -0.276. The zero-order valence-electron chi connectivity index (χ0n) is 18.4. The number of para-hydroxylation sites is 1. The highest BCUT2D eigenvalue weighted by Crippen LogP contribution is 2.29. The summed E-state index contributed by atoms with van der Waals surface area (Å²) in [7, 11) is 0. The molecule has 0 radical (unpaired) electrons. The minimum atomic E-state index is -0.480. The molecule has 2 aromatic carbocycles. The number of nitrogens with one attached hydrogen (secondary N) is 1. The first-order valence-corrected chi connectivity index (χ1v) is 11.1. The molecule has 0 aliphatic carbocycles. The monoisotopic (exact) mass is 465 g/mol. The van der Waals surface area contributed by atoms with Crippen molar-refractivity contribution in [3.05, 3.63) is 70.6 Å². The molecule has 1 amide bonds. The number of rotatable bonds is 9. The fourth-order valence-electron chi connectivity index (χ4n) is 3.75. The number of hydrazone groups is 1. The van der Waals surface area contributed by atoms with Crippen molar-refractivity contribution in [1.82, 2.24) is 9.99 Å². The largest absolute Gasteiger partial charge is 0.451 e. The Balaban J connectivity index is 1.52. The predicted molar refractivity (Wildman–Crippen MR) is 129 cm³/mol. The van der Waals surface area contributed by atoms with Gasteiger partial charge in [-0.2, -0.15) is 5.10 Å². The minimum Gasteiger partial charge on any atom is -0.451 e. The van der Waals surface area contributed by atoms with Gasteiger partial charge in [0.25, 0.3) is 0 Å². The summed E-state index contributed by atoms with van der Waals surface area (Å²) in [5, 5.41) is 6.31. The van der Waals surface area contributed by atoms with Crippen molar-refractivity contribution in [3.63, 3.8) is 0 Å². The molecule has 0 fully saturated rings. The second-order valence-electron chi connectivity index (χ2n) is 7.63. The van der Waals surface area contributed by atoms with Crippen LogP contribution in [0.1, 0.15) is 35.5 Å². The molecule has 4 rings (SSSR count). The zero-order chi connectivity index (χ0) is 23.4. The summed E-state index contributed by atoms with van der Waals surface area (Å²) in [6.07, 6.45) is 1.87. The Kier molecular flexibility index (Phi) is 6.91. The molecule has 0 atom stereocenters. The quantitative estimate of drug-likeness (QED) is 0.215. The number of nitrogens with zero attached hydrogens (tertiary/aromatic N) is 2. The van der Waals surface area contributed by atoms with Crippen LogP contribution in [0.2, 0.25) is 5.15 Å². The highest BCUT2D eigenvalue weighted by atomic mass is 35.5. The van der Waals surface area contributed by atoms with Crippen LogP contribution in [0.25, 0.3) is 21.9 Å². The number of carbonyl (C=O) groups is 2. The van der Waals surface area contributed by atoms with E-state index in [4.69, 9.17) is 20.8 Å². The van der Waals surface area contributed by atoms with Gasteiger partial charge in [-0.1, -0.05) is 35.9 Å². The van der Waals surface area contributed by atoms with Crippen molar-refractivity contribution in [2.75, 3.05) is 13.2 Å². The van der Waals surface area contributed by atoms with E-state index in [1.54, 1.807) is 19.1 Å². The van der Waals surface area contributed by atoms with E-state index in [1.165, 1.54) is 6.21 Å². The van der Waals surface area contributed by atoms with Gasteiger partial charge in [-0.25, -0.2) is 5.43 Å². The van der Waals surface area contributed by atoms with Crippen molar-refractivity contribution in [2.45, 2.75) is 26.8 Å². The third-order valence-corrected chi connectivity index (χ3v) is 5.63. The molecule has 170 valence electrons. The normalized spacial score (nSPS) is 11.6. The Morgan fingerprint density at radius 1 is 1.21 bits per heavy atom. The third-order valence-electron chi connectivity index (χ3n) is 5.22. The number of halogens is 1. The van der Waals surface area contributed by atoms with Crippen LogP contribution in [0.15, 0.2) is 58.0 Å². The Labute approximate surface area is 196 Å². The maximum atomic E-state index is 12.6. The first-order valence-electron chi connectivity index (χ1n) is 10.7. The third kappa shape index (κ3) is 4.99. The number of Topliss-reactive ketones (excluding diaryl/α,β-unsaturated/α-hetero) is 1. The molecule has 0 spiro atoms. The number of hydrogen-bond donors (Lipinski definition) is 1. The number of ketones is 1. The Hall–Kier alpha value is -3.42. The van der Waals surface area contributed by atoms with E-state index >= 15 is 0 Å². The topological polar surface area (TPSA) is 85.8 Å². The minimum absolute atomic E-state index is 0.0723. The molecule has 0 saturated heterocycles. The fourth-order valence-corrected chi connectivity index (χ4v) is 4.08. The van der Waals surface area contributed by atoms with Crippen LogP contribution >= 0.6 is 11.6 Å². The van der Waals surface area contributed by atoms with Gasteiger partial charge in [0.15, 0.2) is 5.76 Å². The summed E-state index contributed by atoms with van der Waals surface area (Å²) in [6.45, 7) is 5.28. The van der Waals surface area contributed by atoms with Crippen LogP contribution < -0.4 is 5.43 Å². The molecule has 0 aliphatic heterocycles. The maximum Gasteiger partial charge on any atom is 0.307 e. The van der Waals surface area contributed by atoms with E-state index in [-0.39, 0.29) is 11.5 Å². The van der Waals surface area contributed by atoms with Crippen molar-refractivity contribution >= 4 is 51.4 Å². The molecule has 2 aromatic heterocycles. The molecule has 33 heavy (non-hydrogen) atoms. The summed E-state index contributed by atoms with van der Waals surface area (Å²) < 4.78 is 13.1. The molecule has 7 nitrogen and oxygen atoms in total. The molecular weight excluding hydrogens is 442 g/mol. The highest BCUT2D eigenvalue weighted by molar-refractivity contribution is 6.34. The molecule has 8 heteroatoms. The van der Waals surface area contributed by atoms with Crippen molar-refractivity contribution in [2.24, 2.45) is 5.10 Å². The molecular formula is C25H24ClN3O4. The molecule has 4 aromatic rings. The van der Waals surface area contributed by atoms with Crippen LogP contribution in [0.4, 0.5) is 0 Å². The van der Waals surface area contributed by atoms with Gasteiger partial charge in [0.2, 0.25) is 0 Å². The Morgan fingerprint density at radius 2 is 2.03 bits per heavy atom. The van der Waals surface area contributed by atoms with Crippen molar-refractivity contribution in [3.8, 4) is 0 Å². The molecule has 0 aliphatic rings. The lowest BCUT2D eigenvalue weighted by Crippen LogP contribution is -2.16.